The fourth-order valence-electron chi connectivity index (χ4n) is 2.98. The van der Waals surface area contributed by atoms with Crippen molar-refractivity contribution in [2.24, 2.45) is 0 Å². The number of nitrogens with one attached hydrogen (secondary N) is 1. The number of H-pyrrole nitrogens is 1. The fraction of sp³-hybridized carbons (Fsp3) is 0.118. The smallest absolute Gasteiger partial charge is 0.286 e. The second-order valence-electron chi connectivity index (χ2n) is 6.23. The van der Waals surface area contributed by atoms with E-state index in [1.54, 1.807) is 0 Å². The summed E-state index contributed by atoms with van der Waals surface area (Å²) in [5.74, 6) is -5.25. The van der Waals surface area contributed by atoms with Gasteiger partial charge in [0.25, 0.3) is 15.9 Å². The average Bonchev–Trinajstić information content (AvgIpc) is 3.19. The van der Waals surface area contributed by atoms with Gasteiger partial charge < -0.3 is 5.73 Å². The Bertz CT molecular complexity index is 1240. The second kappa shape index (κ2) is 5.96. The Labute approximate surface area is 156 Å². The first-order valence-corrected chi connectivity index (χ1v) is 9.35. The lowest BCUT2D eigenvalue weighted by atomic mass is 10.0. The standard InChI is InChI=1S/C17H12F4N4O2S/c18-12-7-9(28(26,27)25-6-5-17(20,21)8-25)1-2-10(12)11-3-4-13-14(15(11)19)16(22)24-23-13/h1-7H,8H2,(H3,22,23,24). The number of sulfonamides is 1. The minimum Gasteiger partial charge on any atom is -0.382 e. The molecule has 28 heavy (non-hydrogen) atoms. The SMILES string of the molecule is Nc1n[nH]c2ccc(-c3ccc(S(=O)(=O)N4C=CC(F)(F)C4)cc3F)c(F)c12. The number of nitrogens with zero attached hydrogens (tertiary/aromatic N) is 2. The van der Waals surface area contributed by atoms with Gasteiger partial charge in [-0.1, -0.05) is 0 Å². The maximum Gasteiger partial charge on any atom is 0.286 e. The van der Waals surface area contributed by atoms with Crippen LogP contribution in [0.4, 0.5) is 23.4 Å². The van der Waals surface area contributed by atoms with Crippen molar-refractivity contribution in [1.82, 2.24) is 14.5 Å². The third-order valence-corrected chi connectivity index (χ3v) is 6.10. The molecule has 3 aromatic rings. The topological polar surface area (TPSA) is 92.1 Å². The van der Waals surface area contributed by atoms with Gasteiger partial charge in [-0.25, -0.2) is 17.2 Å². The van der Waals surface area contributed by atoms with E-state index in [-0.39, 0.29) is 22.3 Å². The number of hydrogen-bond acceptors (Lipinski definition) is 4. The highest BCUT2D eigenvalue weighted by molar-refractivity contribution is 7.89. The third kappa shape index (κ3) is 2.78. The van der Waals surface area contributed by atoms with Crippen LogP contribution in [0.25, 0.3) is 22.0 Å². The summed E-state index contributed by atoms with van der Waals surface area (Å²) in [5, 5.41) is 6.19. The quantitative estimate of drug-likeness (QED) is 0.646. The molecule has 0 aliphatic carbocycles. The van der Waals surface area contributed by atoms with Gasteiger partial charge in [0.2, 0.25) is 0 Å². The summed E-state index contributed by atoms with van der Waals surface area (Å²) in [7, 11) is -4.38. The first-order chi connectivity index (χ1) is 13.1. The van der Waals surface area contributed by atoms with Crippen molar-refractivity contribution >= 4 is 26.7 Å². The Morgan fingerprint density at radius 1 is 1.14 bits per heavy atom. The van der Waals surface area contributed by atoms with Gasteiger partial charge in [0, 0.05) is 23.4 Å². The van der Waals surface area contributed by atoms with Crippen molar-refractivity contribution in [3.63, 3.8) is 0 Å². The second-order valence-corrected chi connectivity index (χ2v) is 8.12. The van der Waals surface area contributed by atoms with Crippen LogP contribution in [0.2, 0.25) is 0 Å². The predicted molar refractivity (Wildman–Crippen MR) is 93.8 cm³/mol. The fourth-order valence-corrected chi connectivity index (χ4v) is 4.31. The molecule has 0 spiro atoms. The number of aromatic amines is 1. The van der Waals surface area contributed by atoms with E-state index in [0.717, 1.165) is 18.3 Å². The van der Waals surface area contributed by atoms with Crippen molar-refractivity contribution in [3.05, 3.63) is 54.2 Å². The molecule has 2 aromatic carbocycles. The summed E-state index contributed by atoms with van der Waals surface area (Å²) < 4.78 is 81.2. The zero-order valence-electron chi connectivity index (χ0n) is 14.0. The predicted octanol–water partition coefficient (Wildman–Crippen LogP) is 3.24. The largest absolute Gasteiger partial charge is 0.382 e. The van der Waals surface area contributed by atoms with Crippen LogP contribution in [0.15, 0.2) is 47.5 Å². The first-order valence-electron chi connectivity index (χ1n) is 7.91. The molecule has 0 saturated heterocycles. The zero-order chi connectivity index (χ0) is 20.3. The normalized spacial score (nSPS) is 16.2. The molecule has 3 N–H and O–H groups in total. The molecule has 1 aliphatic heterocycles. The molecule has 11 heteroatoms. The Hall–Kier alpha value is -3.08. The summed E-state index contributed by atoms with van der Waals surface area (Å²) in [6, 6.07) is 5.52. The van der Waals surface area contributed by atoms with Crippen LogP contribution in [0.5, 0.6) is 0 Å². The summed E-state index contributed by atoms with van der Waals surface area (Å²) >= 11 is 0. The maximum atomic E-state index is 14.8. The summed E-state index contributed by atoms with van der Waals surface area (Å²) in [6.07, 6.45) is 1.19. The van der Waals surface area contributed by atoms with Crippen LogP contribution in [-0.4, -0.2) is 35.4 Å². The Balaban J connectivity index is 1.76. The van der Waals surface area contributed by atoms with Gasteiger partial charge in [-0.05, 0) is 30.3 Å². The molecule has 4 rings (SSSR count). The highest BCUT2D eigenvalue weighted by Crippen LogP contribution is 2.34. The number of fused-ring (bicyclic) bond motifs is 1. The molecule has 0 radical (unpaired) electrons. The van der Waals surface area contributed by atoms with E-state index in [4.69, 9.17) is 5.73 Å². The molecular weight excluding hydrogens is 400 g/mol. The number of hydrogen-bond donors (Lipinski definition) is 2. The number of halogens is 4. The van der Waals surface area contributed by atoms with Crippen LogP contribution in [-0.2, 0) is 10.0 Å². The number of anilines is 1. The maximum absolute atomic E-state index is 14.8. The van der Waals surface area contributed by atoms with Crippen molar-refractivity contribution in [2.75, 3.05) is 12.3 Å². The van der Waals surface area contributed by atoms with Gasteiger partial charge in [-0.3, -0.25) is 9.40 Å². The molecule has 2 heterocycles. The highest BCUT2D eigenvalue weighted by atomic mass is 32.2. The molecule has 146 valence electrons. The van der Waals surface area contributed by atoms with E-state index in [2.05, 4.69) is 10.2 Å². The minimum absolute atomic E-state index is 0.0157. The lowest BCUT2D eigenvalue weighted by Gasteiger charge is -2.18. The first kappa shape index (κ1) is 18.3. The summed E-state index contributed by atoms with van der Waals surface area (Å²) in [5.41, 5.74) is 5.57. The lowest BCUT2D eigenvalue weighted by molar-refractivity contribution is 0.0567. The van der Waals surface area contributed by atoms with Crippen molar-refractivity contribution in [2.45, 2.75) is 10.8 Å². The van der Waals surface area contributed by atoms with Crippen molar-refractivity contribution in [1.29, 1.82) is 0 Å². The number of alkyl halides is 2. The van der Waals surface area contributed by atoms with Crippen LogP contribution in [0.3, 0.4) is 0 Å². The van der Waals surface area contributed by atoms with Crippen LogP contribution in [0.1, 0.15) is 0 Å². The molecule has 0 unspecified atom stereocenters. The van der Waals surface area contributed by atoms with Crippen LogP contribution >= 0.6 is 0 Å². The van der Waals surface area contributed by atoms with Gasteiger partial charge in [-0.15, -0.1) is 0 Å². The molecule has 0 amide bonds. The van der Waals surface area contributed by atoms with Gasteiger partial charge in [0.05, 0.1) is 15.8 Å². The summed E-state index contributed by atoms with van der Waals surface area (Å²) in [4.78, 5) is -0.527. The molecular formula is C17H12F4N4O2S. The van der Waals surface area contributed by atoms with Gasteiger partial charge in [-0.2, -0.15) is 13.9 Å². The number of nitrogen functional groups attached to an aromatic ring is 1. The van der Waals surface area contributed by atoms with E-state index in [1.165, 1.54) is 12.1 Å². The van der Waals surface area contributed by atoms with Gasteiger partial charge >= 0.3 is 0 Å². The molecule has 1 aliphatic rings. The van der Waals surface area contributed by atoms with E-state index < -0.39 is 39.0 Å². The molecule has 0 saturated carbocycles. The van der Waals surface area contributed by atoms with Crippen LogP contribution in [0, 0.1) is 11.6 Å². The number of aromatic nitrogens is 2. The van der Waals surface area contributed by atoms with E-state index in [1.807, 2.05) is 0 Å². The average molecular weight is 412 g/mol. The summed E-state index contributed by atoms with van der Waals surface area (Å²) in [6.45, 7) is -1.07. The number of benzene rings is 2. The molecule has 1 aromatic heterocycles. The molecule has 0 bridgehead atoms. The Morgan fingerprint density at radius 3 is 2.50 bits per heavy atom. The van der Waals surface area contributed by atoms with Gasteiger partial charge in [0.1, 0.15) is 18.2 Å². The Morgan fingerprint density at radius 2 is 1.86 bits per heavy atom. The zero-order valence-corrected chi connectivity index (χ0v) is 14.8. The van der Waals surface area contributed by atoms with Crippen LogP contribution < -0.4 is 5.73 Å². The molecule has 0 fully saturated rings. The van der Waals surface area contributed by atoms with Crippen molar-refractivity contribution < 1.29 is 26.0 Å². The number of rotatable bonds is 3. The minimum atomic E-state index is -4.38. The third-order valence-electron chi connectivity index (χ3n) is 4.38. The van der Waals surface area contributed by atoms with E-state index in [9.17, 15) is 26.0 Å². The van der Waals surface area contributed by atoms with E-state index >= 15 is 0 Å². The molecule has 6 nitrogen and oxygen atoms in total. The Kier molecular flexibility index (Phi) is 3.89. The van der Waals surface area contributed by atoms with Gasteiger partial charge in [0.15, 0.2) is 5.82 Å². The number of nitrogens with two attached hydrogens (primary N) is 1. The molecule has 0 atom stereocenters. The van der Waals surface area contributed by atoms with E-state index in [0.29, 0.717) is 22.0 Å². The highest BCUT2D eigenvalue weighted by Gasteiger charge is 2.38. The van der Waals surface area contributed by atoms with Crippen molar-refractivity contribution in [3.8, 4) is 11.1 Å². The monoisotopic (exact) mass is 412 g/mol. The lowest BCUT2D eigenvalue weighted by Crippen LogP contribution is -2.30.